The van der Waals surface area contributed by atoms with E-state index < -0.39 is 47.4 Å². The number of fused-ring (bicyclic) bond motifs is 7. The topological polar surface area (TPSA) is 101 Å². The Morgan fingerprint density at radius 3 is 2.47 bits per heavy atom. The van der Waals surface area contributed by atoms with Crippen LogP contribution in [-0.2, 0) is 11.8 Å². The molecular formula is C21H25F6N5O2. The standard InChI is InChI=1S/C21H25F6N5O2/c1-18(2)9-11-6-4-3-5-7-19(33,21(25,26)27)17-31-30-16(34-17)14-13(28)8-12(20(22,23)24)15(29-14)32(11)10-18/h8,11,33H,3-7,9-10,28H2,1-2H3. The lowest BCUT2D eigenvalue weighted by Crippen LogP contribution is -2.42. The minimum absolute atomic E-state index is 0.00330. The number of nitrogen functional groups attached to an aromatic ring is 1. The molecule has 0 aliphatic carbocycles. The number of aromatic nitrogens is 3. The number of nitrogens with two attached hydrogens (primary N) is 1. The molecular weight excluding hydrogens is 468 g/mol. The molecule has 0 aromatic carbocycles. The van der Waals surface area contributed by atoms with Crippen molar-refractivity contribution in [2.24, 2.45) is 5.41 Å². The van der Waals surface area contributed by atoms with E-state index in [0.717, 1.165) is 0 Å². The lowest BCUT2D eigenvalue weighted by Gasteiger charge is -2.30. The second-order valence-electron chi connectivity index (χ2n) is 9.81. The third-order valence-corrected chi connectivity index (χ3v) is 6.46. The molecule has 34 heavy (non-hydrogen) atoms. The Kier molecular flexibility index (Phi) is 5.77. The SMILES string of the molecule is CC1(C)CC2CCCCCC(O)(C(F)(F)F)c3nnc(o3)-c3nc(c(C(F)(F)F)cc3N)N2C1. The van der Waals surface area contributed by atoms with E-state index in [9.17, 15) is 31.4 Å². The van der Waals surface area contributed by atoms with Crippen molar-refractivity contribution in [2.45, 2.75) is 76.4 Å². The molecule has 4 bridgehead atoms. The minimum Gasteiger partial charge on any atom is -0.416 e. The molecule has 2 aromatic heterocycles. The molecule has 3 N–H and O–H groups in total. The zero-order chi connectivity index (χ0) is 25.1. The Labute approximate surface area is 191 Å². The molecule has 188 valence electrons. The van der Waals surface area contributed by atoms with Gasteiger partial charge in [-0.1, -0.05) is 26.7 Å². The number of aliphatic hydroxyl groups is 1. The maximum Gasteiger partial charge on any atom is 0.426 e. The molecule has 4 heterocycles. The number of rotatable bonds is 0. The normalized spacial score (nSPS) is 25.7. The van der Waals surface area contributed by atoms with Crippen molar-refractivity contribution in [3.05, 3.63) is 17.5 Å². The fourth-order valence-electron chi connectivity index (χ4n) is 4.82. The Morgan fingerprint density at radius 2 is 1.82 bits per heavy atom. The highest BCUT2D eigenvalue weighted by atomic mass is 19.4. The molecule has 1 fully saturated rings. The molecule has 0 saturated carbocycles. The van der Waals surface area contributed by atoms with Crippen LogP contribution in [-0.4, -0.2) is 39.1 Å². The predicted molar refractivity (Wildman–Crippen MR) is 110 cm³/mol. The van der Waals surface area contributed by atoms with Crippen LogP contribution in [0.1, 0.15) is 63.8 Å². The zero-order valence-electron chi connectivity index (χ0n) is 18.6. The van der Waals surface area contributed by atoms with Crippen molar-refractivity contribution in [1.29, 1.82) is 0 Å². The zero-order valence-corrected chi connectivity index (χ0v) is 18.6. The van der Waals surface area contributed by atoms with Gasteiger partial charge in [-0.3, -0.25) is 0 Å². The van der Waals surface area contributed by atoms with Crippen molar-refractivity contribution in [1.82, 2.24) is 15.2 Å². The Morgan fingerprint density at radius 1 is 1.12 bits per heavy atom. The largest absolute Gasteiger partial charge is 0.426 e. The van der Waals surface area contributed by atoms with Gasteiger partial charge in [-0.15, -0.1) is 10.2 Å². The summed E-state index contributed by atoms with van der Waals surface area (Å²) in [5, 5.41) is 17.4. The van der Waals surface area contributed by atoms with Gasteiger partial charge in [-0.05, 0) is 37.2 Å². The van der Waals surface area contributed by atoms with E-state index in [2.05, 4.69) is 15.2 Å². The first kappa shape index (κ1) is 24.6. The van der Waals surface area contributed by atoms with Crippen LogP contribution in [0.3, 0.4) is 0 Å². The predicted octanol–water partition coefficient (Wildman–Crippen LogP) is 5.05. The van der Waals surface area contributed by atoms with Gasteiger partial charge < -0.3 is 20.2 Å². The molecule has 2 atom stereocenters. The van der Waals surface area contributed by atoms with Crippen LogP contribution in [0.15, 0.2) is 10.5 Å². The average molecular weight is 493 g/mol. The summed E-state index contributed by atoms with van der Waals surface area (Å²) in [6, 6.07) is 0.383. The minimum atomic E-state index is -5.11. The molecule has 13 heteroatoms. The van der Waals surface area contributed by atoms with Crippen LogP contribution in [0, 0.1) is 5.41 Å². The van der Waals surface area contributed by atoms with Crippen LogP contribution in [0.4, 0.5) is 37.8 Å². The number of hydrogen-bond donors (Lipinski definition) is 2. The van der Waals surface area contributed by atoms with Crippen molar-refractivity contribution >= 4 is 11.5 Å². The summed E-state index contributed by atoms with van der Waals surface area (Å²) in [4.78, 5) is 5.71. The molecule has 2 aliphatic rings. The molecule has 0 radical (unpaired) electrons. The lowest BCUT2D eigenvalue weighted by molar-refractivity contribution is -0.277. The summed E-state index contributed by atoms with van der Waals surface area (Å²) in [6.45, 7) is 4.18. The van der Waals surface area contributed by atoms with E-state index in [-0.39, 0.29) is 29.4 Å². The second-order valence-corrected chi connectivity index (χ2v) is 9.81. The van der Waals surface area contributed by atoms with Crippen LogP contribution < -0.4 is 10.6 Å². The third-order valence-electron chi connectivity index (χ3n) is 6.46. The van der Waals surface area contributed by atoms with Gasteiger partial charge >= 0.3 is 12.4 Å². The maximum absolute atomic E-state index is 14.0. The van der Waals surface area contributed by atoms with Gasteiger partial charge in [0.2, 0.25) is 5.60 Å². The average Bonchev–Trinajstić information content (AvgIpc) is 3.30. The van der Waals surface area contributed by atoms with Crippen LogP contribution in [0.2, 0.25) is 0 Å². The summed E-state index contributed by atoms with van der Waals surface area (Å²) in [7, 11) is 0. The van der Waals surface area contributed by atoms with Gasteiger partial charge in [0.05, 0.1) is 5.69 Å². The monoisotopic (exact) mass is 493 g/mol. The van der Waals surface area contributed by atoms with E-state index in [1.807, 2.05) is 13.8 Å². The molecule has 2 aromatic rings. The molecule has 2 aliphatic heterocycles. The number of halogens is 6. The van der Waals surface area contributed by atoms with Gasteiger partial charge in [0, 0.05) is 12.6 Å². The van der Waals surface area contributed by atoms with Gasteiger partial charge in [0.25, 0.3) is 11.8 Å². The molecule has 0 spiro atoms. The number of nitrogens with zero attached hydrogens (tertiary/aromatic N) is 4. The van der Waals surface area contributed by atoms with Crippen LogP contribution in [0.5, 0.6) is 0 Å². The molecule has 4 rings (SSSR count). The highest BCUT2D eigenvalue weighted by Gasteiger charge is 2.58. The maximum atomic E-state index is 14.0. The first-order valence-electron chi connectivity index (χ1n) is 10.9. The molecule has 7 nitrogen and oxygen atoms in total. The summed E-state index contributed by atoms with van der Waals surface area (Å²) in [6.07, 6.45) is -8.73. The van der Waals surface area contributed by atoms with Crippen molar-refractivity contribution in [2.75, 3.05) is 17.2 Å². The van der Waals surface area contributed by atoms with E-state index in [4.69, 9.17) is 10.2 Å². The van der Waals surface area contributed by atoms with Gasteiger partial charge in [-0.2, -0.15) is 26.3 Å². The van der Waals surface area contributed by atoms with E-state index in [1.54, 1.807) is 4.90 Å². The Balaban J connectivity index is 1.92. The fraction of sp³-hybridized carbons (Fsp3) is 0.667. The van der Waals surface area contributed by atoms with E-state index in [0.29, 0.717) is 38.3 Å². The van der Waals surface area contributed by atoms with Gasteiger partial charge in [-0.25, -0.2) is 4.98 Å². The highest BCUT2D eigenvalue weighted by molar-refractivity contribution is 5.71. The van der Waals surface area contributed by atoms with Crippen molar-refractivity contribution in [3.8, 4) is 11.6 Å². The van der Waals surface area contributed by atoms with Crippen LogP contribution >= 0.6 is 0 Å². The number of alkyl halides is 6. The van der Waals surface area contributed by atoms with Crippen LogP contribution in [0.25, 0.3) is 11.6 Å². The number of hydrogen-bond acceptors (Lipinski definition) is 7. The summed E-state index contributed by atoms with van der Waals surface area (Å²) in [5.41, 5.74) is 0.219. The second kappa shape index (κ2) is 7.99. The van der Waals surface area contributed by atoms with Crippen molar-refractivity contribution in [3.63, 3.8) is 0 Å². The summed E-state index contributed by atoms with van der Waals surface area (Å²) >= 11 is 0. The first-order chi connectivity index (χ1) is 15.6. The fourth-order valence-corrected chi connectivity index (χ4v) is 4.82. The van der Waals surface area contributed by atoms with Gasteiger partial charge in [0.15, 0.2) is 5.69 Å². The third kappa shape index (κ3) is 4.29. The number of anilines is 2. The quantitative estimate of drug-likeness (QED) is 0.495. The lowest BCUT2D eigenvalue weighted by atomic mass is 9.89. The highest BCUT2D eigenvalue weighted by Crippen LogP contribution is 2.47. The summed E-state index contributed by atoms with van der Waals surface area (Å²) in [5.74, 6) is -2.08. The van der Waals surface area contributed by atoms with Gasteiger partial charge in [0.1, 0.15) is 11.4 Å². The Bertz CT molecular complexity index is 1070. The van der Waals surface area contributed by atoms with E-state index in [1.165, 1.54) is 0 Å². The molecule has 1 saturated heterocycles. The number of pyridine rings is 1. The smallest absolute Gasteiger partial charge is 0.416 e. The van der Waals surface area contributed by atoms with Crippen molar-refractivity contribution < 1.29 is 35.9 Å². The molecule has 0 amide bonds. The molecule has 2 unspecified atom stereocenters. The van der Waals surface area contributed by atoms with E-state index >= 15 is 0 Å². The Hall–Kier alpha value is -2.57. The first-order valence-corrected chi connectivity index (χ1v) is 10.9. The summed E-state index contributed by atoms with van der Waals surface area (Å²) < 4.78 is 88.3.